The Bertz CT molecular complexity index is 758. The van der Waals surface area contributed by atoms with Gasteiger partial charge in [0.1, 0.15) is 5.69 Å². The highest BCUT2D eigenvalue weighted by molar-refractivity contribution is 5.46. The fourth-order valence-electron chi connectivity index (χ4n) is 2.76. The topological polar surface area (TPSA) is 82.1 Å². The summed E-state index contributed by atoms with van der Waals surface area (Å²) in [6, 6.07) is 7.54. The third-order valence-electron chi connectivity index (χ3n) is 3.89. The van der Waals surface area contributed by atoms with Crippen molar-refractivity contribution >= 4 is 0 Å². The molecule has 1 aliphatic rings. The Morgan fingerprint density at radius 3 is 3.04 bits per heavy atom. The minimum Gasteiger partial charge on any atom is -0.374 e. The number of aromatic nitrogens is 5. The van der Waals surface area contributed by atoms with Crippen LogP contribution in [0.25, 0.3) is 11.5 Å². The van der Waals surface area contributed by atoms with Crippen molar-refractivity contribution in [2.45, 2.75) is 19.2 Å². The van der Waals surface area contributed by atoms with Gasteiger partial charge in [-0.2, -0.15) is 10.1 Å². The molecule has 8 heteroatoms. The summed E-state index contributed by atoms with van der Waals surface area (Å²) in [7, 11) is 0. The summed E-state index contributed by atoms with van der Waals surface area (Å²) in [6.07, 6.45) is 5.54. The van der Waals surface area contributed by atoms with Gasteiger partial charge in [-0.05, 0) is 18.2 Å². The van der Waals surface area contributed by atoms with Gasteiger partial charge in [0, 0.05) is 31.7 Å². The van der Waals surface area contributed by atoms with E-state index in [4.69, 9.17) is 9.26 Å². The lowest BCUT2D eigenvalue weighted by molar-refractivity contribution is -0.0426. The van der Waals surface area contributed by atoms with Crippen molar-refractivity contribution in [3.05, 3.63) is 48.7 Å². The van der Waals surface area contributed by atoms with Crippen LogP contribution in [0.3, 0.4) is 0 Å². The zero-order valence-electron chi connectivity index (χ0n) is 13.2. The van der Waals surface area contributed by atoms with E-state index < -0.39 is 0 Å². The number of rotatable bonds is 5. The van der Waals surface area contributed by atoms with Crippen LogP contribution in [0.2, 0.25) is 0 Å². The molecule has 0 bridgehead atoms. The van der Waals surface area contributed by atoms with Crippen LogP contribution in [-0.2, 0) is 17.8 Å². The molecule has 3 aromatic heterocycles. The molecule has 0 aromatic carbocycles. The molecule has 0 N–H and O–H groups in total. The van der Waals surface area contributed by atoms with Crippen molar-refractivity contribution in [3.8, 4) is 11.5 Å². The van der Waals surface area contributed by atoms with E-state index in [0.29, 0.717) is 30.6 Å². The van der Waals surface area contributed by atoms with Crippen LogP contribution in [0.5, 0.6) is 0 Å². The second-order valence-electron chi connectivity index (χ2n) is 5.68. The first-order valence-corrected chi connectivity index (χ1v) is 7.92. The highest BCUT2D eigenvalue weighted by Gasteiger charge is 2.23. The number of nitrogens with zero attached hydrogens (tertiary/aromatic N) is 6. The van der Waals surface area contributed by atoms with E-state index in [0.717, 1.165) is 19.6 Å². The molecule has 0 amide bonds. The highest BCUT2D eigenvalue weighted by Crippen LogP contribution is 2.15. The maximum atomic E-state index is 5.81. The fourth-order valence-corrected chi connectivity index (χ4v) is 2.76. The summed E-state index contributed by atoms with van der Waals surface area (Å²) >= 11 is 0. The van der Waals surface area contributed by atoms with Crippen molar-refractivity contribution in [3.63, 3.8) is 0 Å². The molecular formula is C16H18N6O2. The lowest BCUT2D eigenvalue weighted by Gasteiger charge is -2.31. The normalized spacial score (nSPS) is 18.8. The van der Waals surface area contributed by atoms with Gasteiger partial charge in [-0.3, -0.25) is 14.6 Å². The highest BCUT2D eigenvalue weighted by atomic mass is 16.5. The van der Waals surface area contributed by atoms with Gasteiger partial charge in [0.25, 0.3) is 0 Å². The third-order valence-corrected chi connectivity index (χ3v) is 3.89. The van der Waals surface area contributed by atoms with Crippen LogP contribution in [-0.4, -0.2) is 55.6 Å². The van der Waals surface area contributed by atoms with Gasteiger partial charge in [-0.15, -0.1) is 0 Å². The molecule has 4 rings (SSSR count). The SMILES string of the molecule is c1ccc(-c2noc(CN3CCO[C@H](Cn4cccn4)C3)n2)nc1. The molecule has 0 spiro atoms. The largest absolute Gasteiger partial charge is 0.374 e. The number of hydrogen-bond acceptors (Lipinski definition) is 7. The summed E-state index contributed by atoms with van der Waals surface area (Å²) in [5.41, 5.74) is 0.714. The van der Waals surface area contributed by atoms with Crippen LogP contribution in [0.15, 0.2) is 47.4 Å². The quantitative estimate of drug-likeness (QED) is 0.697. The Morgan fingerprint density at radius 2 is 2.21 bits per heavy atom. The van der Waals surface area contributed by atoms with E-state index in [1.807, 2.05) is 35.1 Å². The number of ether oxygens (including phenoxy) is 1. The lowest BCUT2D eigenvalue weighted by atomic mass is 10.2. The molecule has 3 aromatic rings. The number of hydrogen-bond donors (Lipinski definition) is 0. The Balaban J connectivity index is 1.37. The van der Waals surface area contributed by atoms with E-state index in [1.54, 1.807) is 12.4 Å². The summed E-state index contributed by atoms with van der Waals surface area (Å²) in [6.45, 7) is 3.69. The molecule has 4 heterocycles. The minimum atomic E-state index is 0.108. The molecule has 1 aliphatic heterocycles. The van der Waals surface area contributed by atoms with E-state index in [1.165, 1.54) is 0 Å². The van der Waals surface area contributed by atoms with Crippen molar-refractivity contribution in [1.82, 2.24) is 29.8 Å². The monoisotopic (exact) mass is 326 g/mol. The lowest BCUT2D eigenvalue weighted by Crippen LogP contribution is -2.43. The van der Waals surface area contributed by atoms with Gasteiger partial charge >= 0.3 is 0 Å². The van der Waals surface area contributed by atoms with Crippen LogP contribution in [0.1, 0.15) is 5.89 Å². The predicted molar refractivity (Wildman–Crippen MR) is 84.8 cm³/mol. The Kier molecular flexibility index (Phi) is 4.30. The van der Waals surface area contributed by atoms with Crippen LogP contribution < -0.4 is 0 Å². The van der Waals surface area contributed by atoms with Crippen molar-refractivity contribution in [2.75, 3.05) is 19.7 Å². The Hall–Kier alpha value is -2.58. The average Bonchev–Trinajstić information content (AvgIpc) is 3.28. The van der Waals surface area contributed by atoms with Crippen LogP contribution in [0.4, 0.5) is 0 Å². The van der Waals surface area contributed by atoms with Crippen LogP contribution in [0, 0.1) is 0 Å². The molecule has 124 valence electrons. The first-order valence-electron chi connectivity index (χ1n) is 7.92. The molecule has 1 fully saturated rings. The zero-order chi connectivity index (χ0) is 16.2. The molecule has 8 nitrogen and oxygen atoms in total. The van der Waals surface area contributed by atoms with Gasteiger partial charge in [-0.25, -0.2) is 0 Å². The van der Waals surface area contributed by atoms with Crippen molar-refractivity contribution in [2.24, 2.45) is 0 Å². The summed E-state index contributed by atoms with van der Waals surface area (Å²) in [5, 5.41) is 8.24. The van der Waals surface area contributed by atoms with E-state index >= 15 is 0 Å². The molecule has 0 radical (unpaired) electrons. The first-order chi connectivity index (χ1) is 11.9. The van der Waals surface area contributed by atoms with Gasteiger partial charge in [0.15, 0.2) is 0 Å². The summed E-state index contributed by atoms with van der Waals surface area (Å²) in [5.74, 6) is 1.11. The number of morpholine rings is 1. The Labute approximate surface area is 139 Å². The van der Waals surface area contributed by atoms with E-state index in [-0.39, 0.29) is 6.10 Å². The minimum absolute atomic E-state index is 0.108. The smallest absolute Gasteiger partial charge is 0.241 e. The predicted octanol–water partition coefficient (Wildman–Crippen LogP) is 1.23. The molecule has 0 unspecified atom stereocenters. The zero-order valence-corrected chi connectivity index (χ0v) is 13.2. The number of pyridine rings is 1. The van der Waals surface area contributed by atoms with Gasteiger partial charge in [0.2, 0.25) is 11.7 Å². The van der Waals surface area contributed by atoms with Gasteiger partial charge in [0.05, 0.1) is 25.8 Å². The molecule has 0 saturated carbocycles. The van der Waals surface area contributed by atoms with Crippen LogP contribution >= 0.6 is 0 Å². The molecule has 24 heavy (non-hydrogen) atoms. The third kappa shape index (κ3) is 3.50. The molecular weight excluding hydrogens is 308 g/mol. The summed E-state index contributed by atoms with van der Waals surface area (Å²) in [4.78, 5) is 10.9. The standard InChI is InChI=1S/C16H18N6O2/c1-2-5-17-14(4-1)16-19-15(24-20-16)12-21-8-9-23-13(10-21)11-22-7-3-6-18-22/h1-7,13H,8-12H2/t13-/m0/s1. The molecule has 1 saturated heterocycles. The first kappa shape index (κ1) is 15.0. The van der Waals surface area contributed by atoms with Gasteiger partial charge in [-0.1, -0.05) is 11.2 Å². The summed E-state index contributed by atoms with van der Waals surface area (Å²) < 4.78 is 13.1. The maximum absolute atomic E-state index is 5.81. The molecule has 0 aliphatic carbocycles. The maximum Gasteiger partial charge on any atom is 0.241 e. The Morgan fingerprint density at radius 1 is 1.21 bits per heavy atom. The fraction of sp³-hybridized carbons (Fsp3) is 0.375. The van der Waals surface area contributed by atoms with Crippen molar-refractivity contribution < 1.29 is 9.26 Å². The second-order valence-corrected chi connectivity index (χ2v) is 5.68. The second kappa shape index (κ2) is 6.90. The van der Waals surface area contributed by atoms with Crippen molar-refractivity contribution in [1.29, 1.82) is 0 Å². The van der Waals surface area contributed by atoms with E-state index in [9.17, 15) is 0 Å². The molecule has 1 atom stereocenters. The van der Waals surface area contributed by atoms with Gasteiger partial charge < -0.3 is 9.26 Å². The average molecular weight is 326 g/mol. The van der Waals surface area contributed by atoms with E-state index in [2.05, 4.69) is 25.1 Å².